The van der Waals surface area contributed by atoms with Gasteiger partial charge in [-0.2, -0.15) is 0 Å². The van der Waals surface area contributed by atoms with Gasteiger partial charge < -0.3 is 10.1 Å². The van der Waals surface area contributed by atoms with Crippen molar-refractivity contribution in [3.63, 3.8) is 0 Å². The van der Waals surface area contributed by atoms with Crippen LogP contribution in [0.1, 0.15) is 12.5 Å². The van der Waals surface area contributed by atoms with E-state index in [0.29, 0.717) is 22.3 Å². The number of hydrogen-bond donors (Lipinski definition) is 1. The summed E-state index contributed by atoms with van der Waals surface area (Å²) in [7, 11) is 1.53. The zero-order chi connectivity index (χ0) is 15.4. The normalized spacial score (nSPS) is 10.7. The van der Waals surface area contributed by atoms with Crippen molar-refractivity contribution in [1.29, 1.82) is 0 Å². The lowest BCUT2D eigenvalue weighted by Crippen LogP contribution is -2.12. The minimum Gasteiger partial charge on any atom is -0.495 e. The molecule has 112 valence electrons. The highest BCUT2D eigenvalue weighted by Gasteiger charge is 2.13. The predicted molar refractivity (Wildman–Crippen MR) is 85.8 cm³/mol. The van der Waals surface area contributed by atoms with Crippen LogP contribution >= 0.6 is 23.2 Å². The smallest absolute Gasteiger partial charge is 0.138 e. The van der Waals surface area contributed by atoms with Gasteiger partial charge in [-0.25, -0.2) is 4.39 Å². The van der Waals surface area contributed by atoms with E-state index in [2.05, 4.69) is 5.32 Å². The molecule has 0 fully saturated rings. The molecule has 0 bridgehead atoms. The van der Waals surface area contributed by atoms with Crippen molar-refractivity contribution in [3.05, 3.63) is 51.8 Å². The number of ether oxygens (including phenoxy) is 1. The Balaban J connectivity index is 2.53. The van der Waals surface area contributed by atoms with Crippen molar-refractivity contribution >= 4 is 23.2 Å². The van der Waals surface area contributed by atoms with Gasteiger partial charge in [0.15, 0.2) is 0 Å². The van der Waals surface area contributed by atoms with Gasteiger partial charge in [0.2, 0.25) is 0 Å². The first-order chi connectivity index (χ1) is 10.1. The molecular weight excluding hydrogens is 312 g/mol. The first-order valence-corrected chi connectivity index (χ1v) is 7.35. The molecule has 0 heterocycles. The summed E-state index contributed by atoms with van der Waals surface area (Å²) in [6.07, 6.45) is 0. The zero-order valence-electron chi connectivity index (χ0n) is 11.8. The van der Waals surface area contributed by atoms with Crippen molar-refractivity contribution in [2.45, 2.75) is 13.5 Å². The summed E-state index contributed by atoms with van der Waals surface area (Å²) in [4.78, 5) is 0. The van der Waals surface area contributed by atoms with Gasteiger partial charge in [0, 0.05) is 18.2 Å². The number of halogens is 3. The lowest BCUT2D eigenvalue weighted by atomic mass is 9.99. The molecule has 0 aliphatic carbocycles. The minimum atomic E-state index is -0.276. The maximum Gasteiger partial charge on any atom is 0.138 e. The SMILES string of the molecule is CCNCc1cc(F)ccc1-c1cc(Cl)c(OC)cc1Cl. The van der Waals surface area contributed by atoms with E-state index in [1.165, 1.54) is 19.2 Å². The van der Waals surface area contributed by atoms with Crippen LogP contribution in [0.5, 0.6) is 5.75 Å². The fourth-order valence-electron chi connectivity index (χ4n) is 2.12. The van der Waals surface area contributed by atoms with E-state index < -0.39 is 0 Å². The van der Waals surface area contributed by atoms with Crippen molar-refractivity contribution in [1.82, 2.24) is 5.32 Å². The van der Waals surface area contributed by atoms with E-state index in [-0.39, 0.29) is 5.82 Å². The molecule has 2 rings (SSSR count). The lowest BCUT2D eigenvalue weighted by molar-refractivity contribution is 0.415. The predicted octanol–water partition coefficient (Wildman–Crippen LogP) is 4.92. The fraction of sp³-hybridized carbons (Fsp3) is 0.250. The molecule has 0 saturated heterocycles. The van der Waals surface area contributed by atoms with Crippen molar-refractivity contribution < 1.29 is 9.13 Å². The molecule has 21 heavy (non-hydrogen) atoms. The van der Waals surface area contributed by atoms with E-state index in [9.17, 15) is 4.39 Å². The van der Waals surface area contributed by atoms with Crippen molar-refractivity contribution in [3.8, 4) is 16.9 Å². The Morgan fingerprint density at radius 1 is 1.10 bits per heavy atom. The van der Waals surface area contributed by atoms with Gasteiger partial charge >= 0.3 is 0 Å². The van der Waals surface area contributed by atoms with E-state index in [1.807, 2.05) is 6.92 Å². The molecule has 2 nitrogen and oxygen atoms in total. The fourth-order valence-corrected chi connectivity index (χ4v) is 2.62. The minimum absolute atomic E-state index is 0.276. The Labute approximate surface area is 133 Å². The second-order valence-corrected chi connectivity index (χ2v) is 5.36. The van der Waals surface area contributed by atoms with Crippen LogP contribution in [0.15, 0.2) is 30.3 Å². The Morgan fingerprint density at radius 3 is 2.52 bits per heavy atom. The maximum absolute atomic E-state index is 13.5. The van der Waals surface area contributed by atoms with Gasteiger partial charge in [-0.05, 0) is 35.9 Å². The molecule has 0 aliphatic heterocycles. The van der Waals surface area contributed by atoms with Gasteiger partial charge in [-0.3, -0.25) is 0 Å². The lowest BCUT2D eigenvalue weighted by Gasteiger charge is -2.14. The van der Waals surface area contributed by atoms with Crippen molar-refractivity contribution in [2.24, 2.45) is 0 Å². The van der Waals surface area contributed by atoms with Crippen LogP contribution in [-0.2, 0) is 6.54 Å². The standard InChI is InChI=1S/C16H16Cl2FNO/c1-3-20-9-10-6-11(19)4-5-12(10)13-7-15(18)16(21-2)8-14(13)17/h4-8,20H,3,9H2,1-2H3. The molecule has 0 aliphatic rings. The topological polar surface area (TPSA) is 21.3 Å². The summed E-state index contributed by atoms with van der Waals surface area (Å²) >= 11 is 12.5. The molecule has 0 saturated carbocycles. The molecule has 5 heteroatoms. The number of nitrogens with one attached hydrogen (secondary N) is 1. The van der Waals surface area contributed by atoms with Gasteiger partial charge in [-0.1, -0.05) is 36.2 Å². The molecule has 0 unspecified atom stereocenters. The second kappa shape index (κ2) is 7.12. The summed E-state index contributed by atoms with van der Waals surface area (Å²) < 4.78 is 18.6. The largest absolute Gasteiger partial charge is 0.495 e. The van der Waals surface area contributed by atoms with Crippen LogP contribution in [0.25, 0.3) is 11.1 Å². The second-order valence-electron chi connectivity index (χ2n) is 4.55. The third-order valence-corrected chi connectivity index (χ3v) is 3.77. The summed E-state index contributed by atoms with van der Waals surface area (Å²) in [5, 5.41) is 4.17. The highest BCUT2D eigenvalue weighted by atomic mass is 35.5. The summed E-state index contributed by atoms with van der Waals surface area (Å²) in [6, 6.07) is 8.04. The van der Waals surface area contributed by atoms with E-state index in [4.69, 9.17) is 27.9 Å². The van der Waals surface area contributed by atoms with Crippen LogP contribution in [0.3, 0.4) is 0 Å². The first kappa shape index (κ1) is 16.1. The summed E-state index contributed by atoms with van der Waals surface area (Å²) in [5.41, 5.74) is 2.45. The molecule has 1 N–H and O–H groups in total. The average molecular weight is 328 g/mol. The monoisotopic (exact) mass is 327 g/mol. The van der Waals surface area contributed by atoms with Crippen molar-refractivity contribution in [2.75, 3.05) is 13.7 Å². The van der Waals surface area contributed by atoms with Gasteiger partial charge in [-0.15, -0.1) is 0 Å². The van der Waals surface area contributed by atoms with E-state index >= 15 is 0 Å². The summed E-state index contributed by atoms with van der Waals surface area (Å²) in [5.74, 6) is 0.239. The molecule has 0 atom stereocenters. The maximum atomic E-state index is 13.5. The van der Waals surface area contributed by atoms with Gasteiger partial charge in [0.1, 0.15) is 11.6 Å². The van der Waals surface area contributed by atoms with Crippen LogP contribution in [0.2, 0.25) is 10.0 Å². The number of benzene rings is 2. The highest BCUT2D eigenvalue weighted by molar-refractivity contribution is 6.36. The molecular formula is C16H16Cl2FNO. The third kappa shape index (κ3) is 3.67. The molecule has 0 aromatic heterocycles. The summed E-state index contributed by atoms with van der Waals surface area (Å²) in [6.45, 7) is 3.35. The van der Waals surface area contributed by atoms with Crippen LogP contribution < -0.4 is 10.1 Å². The first-order valence-electron chi connectivity index (χ1n) is 6.59. The quantitative estimate of drug-likeness (QED) is 0.841. The van der Waals surface area contributed by atoms with Crippen LogP contribution in [0, 0.1) is 5.82 Å². The van der Waals surface area contributed by atoms with Gasteiger partial charge in [0.05, 0.1) is 17.2 Å². The highest BCUT2D eigenvalue weighted by Crippen LogP contribution is 2.38. The molecule has 2 aromatic rings. The van der Waals surface area contributed by atoms with Crippen LogP contribution in [0.4, 0.5) is 4.39 Å². The van der Waals surface area contributed by atoms with E-state index in [1.54, 1.807) is 18.2 Å². The Hall–Kier alpha value is -1.29. The zero-order valence-corrected chi connectivity index (χ0v) is 13.4. The Morgan fingerprint density at radius 2 is 1.86 bits per heavy atom. The number of hydrogen-bond acceptors (Lipinski definition) is 2. The average Bonchev–Trinajstić information content (AvgIpc) is 2.47. The molecule has 0 spiro atoms. The van der Waals surface area contributed by atoms with Crippen LogP contribution in [-0.4, -0.2) is 13.7 Å². The molecule has 0 amide bonds. The number of methoxy groups -OCH3 is 1. The Kier molecular flexibility index (Phi) is 5.45. The third-order valence-electron chi connectivity index (χ3n) is 3.16. The molecule has 0 radical (unpaired) electrons. The van der Waals surface area contributed by atoms with Gasteiger partial charge in [0.25, 0.3) is 0 Å². The Bertz CT molecular complexity index is 646. The van der Waals surface area contributed by atoms with E-state index in [0.717, 1.165) is 23.2 Å². The molecule has 2 aromatic carbocycles. The number of rotatable bonds is 5.